The number of hydrogen-bond acceptors (Lipinski definition) is 9. The van der Waals surface area contributed by atoms with E-state index in [-0.39, 0.29) is 18.0 Å². The summed E-state index contributed by atoms with van der Waals surface area (Å²) in [6.07, 6.45) is 2.11. The number of thiazole rings is 1. The molecule has 0 aliphatic carbocycles. The number of nitrogens with one attached hydrogen (secondary N) is 2. The predicted molar refractivity (Wildman–Crippen MR) is 109 cm³/mol. The van der Waals surface area contributed by atoms with Crippen molar-refractivity contribution in [1.29, 1.82) is 0 Å². The minimum atomic E-state index is -0.447. The summed E-state index contributed by atoms with van der Waals surface area (Å²) in [7, 11) is 0. The molecule has 4 heterocycles. The summed E-state index contributed by atoms with van der Waals surface area (Å²) in [5.74, 6) is -0.216. The van der Waals surface area contributed by atoms with Crippen molar-refractivity contribution >= 4 is 34.1 Å². The first kappa shape index (κ1) is 20.2. The monoisotopic (exact) mass is 430 g/mol. The zero-order valence-electron chi connectivity index (χ0n) is 16.7. The lowest BCUT2D eigenvalue weighted by atomic mass is 10.1. The van der Waals surface area contributed by atoms with Gasteiger partial charge in [-0.1, -0.05) is 0 Å². The Labute approximate surface area is 176 Å². The molecule has 0 bridgehead atoms. The molecule has 0 unspecified atom stereocenters. The summed E-state index contributed by atoms with van der Waals surface area (Å²) < 4.78 is 6.97. The van der Waals surface area contributed by atoms with Crippen molar-refractivity contribution in [3.8, 4) is 0 Å². The summed E-state index contributed by atoms with van der Waals surface area (Å²) in [4.78, 5) is 39.4. The third kappa shape index (κ3) is 4.24. The number of aromatic nitrogens is 5. The molecule has 2 amide bonds. The Bertz CT molecular complexity index is 1070. The van der Waals surface area contributed by atoms with Gasteiger partial charge in [0.2, 0.25) is 5.91 Å². The van der Waals surface area contributed by atoms with Crippen molar-refractivity contribution in [2.45, 2.75) is 26.7 Å². The number of nitrogens with zero attached hydrogens (tertiary/aromatic N) is 6. The molecule has 0 saturated carbocycles. The number of carbonyl (C=O) groups is 2. The average Bonchev–Trinajstić information content (AvgIpc) is 3.42. The SMILES string of the molecule is Cc1nc2ncnn2c(C)c1CCC(=O)NNC(=O)c1csc(N2CCOCC2)n1. The number of ether oxygens (including phenoxy) is 1. The van der Waals surface area contributed by atoms with Crippen LogP contribution in [0, 0.1) is 13.8 Å². The second-order valence-electron chi connectivity index (χ2n) is 6.85. The first-order valence-corrected chi connectivity index (χ1v) is 10.4. The standard InChI is InChI=1S/C18H22N8O3S/c1-11-13(12(2)26-17(21-11)19-10-20-26)3-4-15(27)23-24-16(28)14-9-30-18(22-14)25-5-7-29-8-6-25/h9-10H,3-8H2,1-2H3,(H,23,27)(H,24,28). The molecule has 0 spiro atoms. The van der Waals surface area contributed by atoms with Gasteiger partial charge in [-0.3, -0.25) is 20.4 Å². The highest BCUT2D eigenvalue weighted by molar-refractivity contribution is 7.13. The zero-order chi connectivity index (χ0) is 21.1. The number of fused-ring (bicyclic) bond motifs is 1. The van der Waals surface area contributed by atoms with Crippen molar-refractivity contribution in [2.24, 2.45) is 0 Å². The van der Waals surface area contributed by atoms with E-state index in [9.17, 15) is 9.59 Å². The zero-order valence-corrected chi connectivity index (χ0v) is 17.5. The van der Waals surface area contributed by atoms with Gasteiger partial charge in [0.1, 0.15) is 12.0 Å². The third-order valence-electron chi connectivity index (χ3n) is 4.91. The highest BCUT2D eigenvalue weighted by Gasteiger charge is 2.18. The second kappa shape index (κ2) is 8.71. The number of morpholine rings is 1. The number of amides is 2. The molecular formula is C18H22N8O3S. The number of carbonyl (C=O) groups excluding carboxylic acids is 2. The summed E-state index contributed by atoms with van der Waals surface area (Å²) in [6, 6.07) is 0. The van der Waals surface area contributed by atoms with Gasteiger partial charge in [-0.05, 0) is 25.8 Å². The Morgan fingerprint density at radius 2 is 2.00 bits per heavy atom. The average molecular weight is 430 g/mol. The lowest BCUT2D eigenvalue weighted by Crippen LogP contribution is -2.42. The molecular weight excluding hydrogens is 408 g/mol. The quantitative estimate of drug-likeness (QED) is 0.558. The van der Waals surface area contributed by atoms with E-state index in [1.165, 1.54) is 17.7 Å². The van der Waals surface area contributed by atoms with E-state index in [2.05, 4.69) is 35.8 Å². The van der Waals surface area contributed by atoms with Crippen LogP contribution in [0.3, 0.4) is 0 Å². The van der Waals surface area contributed by atoms with Crippen LogP contribution in [0.1, 0.15) is 33.9 Å². The van der Waals surface area contributed by atoms with Crippen molar-refractivity contribution in [3.63, 3.8) is 0 Å². The number of anilines is 1. The maximum Gasteiger partial charge on any atom is 0.289 e. The molecule has 158 valence electrons. The van der Waals surface area contributed by atoms with Gasteiger partial charge in [-0.25, -0.2) is 14.5 Å². The van der Waals surface area contributed by atoms with Gasteiger partial charge in [-0.2, -0.15) is 10.1 Å². The number of aryl methyl sites for hydroxylation is 2. The topological polar surface area (TPSA) is 127 Å². The summed E-state index contributed by atoms with van der Waals surface area (Å²) >= 11 is 1.40. The molecule has 0 radical (unpaired) electrons. The first-order chi connectivity index (χ1) is 14.5. The van der Waals surface area contributed by atoms with E-state index in [0.29, 0.717) is 25.4 Å². The van der Waals surface area contributed by atoms with Crippen LogP contribution in [0.5, 0.6) is 0 Å². The fourth-order valence-corrected chi connectivity index (χ4v) is 4.14. The van der Waals surface area contributed by atoms with Crippen LogP contribution in [0.4, 0.5) is 5.13 Å². The van der Waals surface area contributed by atoms with Crippen LogP contribution >= 0.6 is 11.3 Å². The van der Waals surface area contributed by atoms with Gasteiger partial charge in [0, 0.05) is 36.3 Å². The van der Waals surface area contributed by atoms with E-state index in [4.69, 9.17) is 4.74 Å². The molecule has 3 aromatic heterocycles. The lowest BCUT2D eigenvalue weighted by molar-refractivity contribution is -0.121. The Balaban J connectivity index is 1.30. The van der Waals surface area contributed by atoms with Crippen LogP contribution in [-0.2, 0) is 16.0 Å². The van der Waals surface area contributed by atoms with Crippen LogP contribution in [0.15, 0.2) is 11.7 Å². The minimum absolute atomic E-state index is 0.194. The number of rotatable bonds is 5. The summed E-state index contributed by atoms with van der Waals surface area (Å²) in [5.41, 5.74) is 7.78. The third-order valence-corrected chi connectivity index (χ3v) is 5.81. The van der Waals surface area contributed by atoms with E-state index in [0.717, 1.165) is 35.2 Å². The molecule has 0 atom stereocenters. The molecule has 11 nitrogen and oxygen atoms in total. The van der Waals surface area contributed by atoms with Crippen LogP contribution in [0.2, 0.25) is 0 Å². The normalized spacial score (nSPS) is 14.1. The molecule has 1 saturated heterocycles. The van der Waals surface area contributed by atoms with E-state index >= 15 is 0 Å². The van der Waals surface area contributed by atoms with Crippen LogP contribution in [0.25, 0.3) is 5.78 Å². The molecule has 0 aromatic carbocycles. The Morgan fingerprint density at radius 1 is 1.20 bits per heavy atom. The fourth-order valence-electron chi connectivity index (χ4n) is 3.28. The molecule has 2 N–H and O–H groups in total. The van der Waals surface area contributed by atoms with Gasteiger partial charge in [0.05, 0.1) is 13.2 Å². The van der Waals surface area contributed by atoms with Gasteiger partial charge in [-0.15, -0.1) is 11.3 Å². The number of hydrogen-bond donors (Lipinski definition) is 2. The Hall–Kier alpha value is -3.12. The highest BCUT2D eigenvalue weighted by Crippen LogP contribution is 2.21. The predicted octanol–water partition coefficient (Wildman–Crippen LogP) is 0.428. The molecule has 1 fully saturated rings. The van der Waals surface area contributed by atoms with Crippen molar-refractivity contribution in [3.05, 3.63) is 34.4 Å². The molecule has 1 aliphatic heterocycles. The van der Waals surface area contributed by atoms with Gasteiger partial charge in [0.15, 0.2) is 5.13 Å². The molecule has 3 aromatic rings. The molecule has 1 aliphatic rings. The van der Waals surface area contributed by atoms with Gasteiger partial charge >= 0.3 is 0 Å². The highest BCUT2D eigenvalue weighted by atomic mass is 32.1. The summed E-state index contributed by atoms with van der Waals surface area (Å²) in [5, 5.41) is 6.60. The summed E-state index contributed by atoms with van der Waals surface area (Å²) in [6.45, 7) is 6.59. The van der Waals surface area contributed by atoms with Gasteiger partial charge < -0.3 is 9.64 Å². The van der Waals surface area contributed by atoms with Crippen molar-refractivity contribution in [1.82, 2.24) is 35.4 Å². The van der Waals surface area contributed by atoms with Crippen molar-refractivity contribution in [2.75, 3.05) is 31.2 Å². The largest absolute Gasteiger partial charge is 0.378 e. The van der Waals surface area contributed by atoms with Crippen LogP contribution in [-0.4, -0.2) is 62.7 Å². The van der Waals surface area contributed by atoms with E-state index in [1.807, 2.05) is 13.8 Å². The minimum Gasteiger partial charge on any atom is -0.378 e. The molecule has 30 heavy (non-hydrogen) atoms. The van der Waals surface area contributed by atoms with Crippen molar-refractivity contribution < 1.29 is 14.3 Å². The molecule has 12 heteroatoms. The Kier molecular flexibility index (Phi) is 5.86. The van der Waals surface area contributed by atoms with Gasteiger partial charge in [0.25, 0.3) is 11.7 Å². The van der Waals surface area contributed by atoms with Crippen LogP contribution < -0.4 is 15.8 Å². The first-order valence-electron chi connectivity index (χ1n) is 9.56. The maximum atomic E-state index is 12.3. The van der Waals surface area contributed by atoms with E-state index < -0.39 is 5.91 Å². The van der Waals surface area contributed by atoms with E-state index in [1.54, 1.807) is 9.90 Å². The smallest absolute Gasteiger partial charge is 0.289 e. The molecule has 4 rings (SSSR count). The maximum absolute atomic E-state index is 12.3. The lowest BCUT2D eigenvalue weighted by Gasteiger charge is -2.25. The Morgan fingerprint density at radius 3 is 2.80 bits per heavy atom. The number of hydrazine groups is 1. The fraction of sp³-hybridized carbons (Fsp3) is 0.444. The second-order valence-corrected chi connectivity index (χ2v) is 7.69.